The summed E-state index contributed by atoms with van der Waals surface area (Å²) >= 11 is 0. The first kappa shape index (κ1) is 14.8. The molecule has 0 saturated carbocycles. The second-order valence-corrected chi connectivity index (χ2v) is 5.15. The number of carboxylic acids is 2. The molecule has 3 N–H and O–H groups in total. The summed E-state index contributed by atoms with van der Waals surface area (Å²) in [5.41, 5.74) is 2.01. The van der Waals surface area contributed by atoms with Crippen molar-refractivity contribution in [1.29, 1.82) is 0 Å². The molecule has 1 heterocycles. The molecular formula is C17H14N2O4. The number of hydrogen-bond donors (Lipinski definition) is 3. The van der Waals surface area contributed by atoms with Gasteiger partial charge in [-0.15, -0.1) is 0 Å². The number of benzene rings is 2. The van der Waals surface area contributed by atoms with E-state index >= 15 is 0 Å². The summed E-state index contributed by atoms with van der Waals surface area (Å²) in [5, 5.41) is 22.6. The van der Waals surface area contributed by atoms with Gasteiger partial charge < -0.3 is 15.5 Å². The van der Waals surface area contributed by atoms with Gasteiger partial charge in [0.2, 0.25) is 0 Å². The fraction of sp³-hybridized carbons (Fsp3) is 0.118. The third kappa shape index (κ3) is 2.91. The molecule has 3 rings (SSSR count). The van der Waals surface area contributed by atoms with Crippen molar-refractivity contribution < 1.29 is 19.8 Å². The molecule has 6 heteroatoms. The molecule has 0 bridgehead atoms. The zero-order valence-corrected chi connectivity index (χ0v) is 12.1. The predicted octanol–water partition coefficient (Wildman–Crippen LogP) is 2.73. The van der Waals surface area contributed by atoms with Crippen molar-refractivity contribution in [3.63, 3.8) is 0 Å². The Morgan fingerprint density at radius 1 is 0.957 bits per heavy atom. The van der Waals surface area contributed by atoms with Crippen LogP contribution in [0.3, 0.4) is 0 Å². The summed E-state index contributed by atoms with van der Waals surface area (Å²) in [5.74, 6) is -2.38. The Bertz CT molecular complexity index is 853. The number of pyridine rings is 1. The number of hydrogen-bond acceptors (Lipinski definition) is 4. The molecular weight excluding hydrogens is 296 g/mol. The highest BCUT2D eigenvalue weighted by Gasteiger charge is 2.22. The number of nitrogens with one attached hydrogen (secondary N) is 1. The van der Waals surface area contributed by atoms with Gasteiger partial charge in [0.05, 0.1) is 23.1 Å². The fourth-order valence-corrected chi connectivity index (χ4v) is 2.54. The summed E-state index contributed by atoms with van der Waals surface area (Å²) in [7, 11) is 0. The van der Waals surface area contributed by atoms with Crippen LogP contribution < -0.4 is 5.32 Å². The average molecular weight is 310 g/mol. The monoisotopic (exact) mass is 310 g/mol. The third-order valence-electron chi connectivity index (χ3n) is 3.58. The molecule has 1 atom stereocenters. The molecule has 0 aliphatic heterocycles. The Hall–Kier alpha value is -3.15. The van der Waals surface area contributed by atoms with Crippen molar-refractivity contribution in [1.82, 2.24) is 4.98 Å². The van der Waals surface area contributed by atoms with E-state index in [9.17, 15) is 14.7 Å². The minimum atomic E-state index is -1.22. The normalized spacial score (nSPS) is 12.2. The van der Waals surface area contributed by atoms with Crippen LogP contribution in [-0.4, -0.2) is 33.2 Å². The number of carbonyl (C=O) groups is 2. The summed E-state index contributed by atoms with van der Waals surface area (Å²) in [6.07, 6.45) is -0.514. The maximum Gasteiger partial charge on any atom is 0.326 e. The molecule has 0 fully saturated rings. The molecule has 0 saturated heterocycles. The smallest absolute Gasteiger partial charge is 0.326 e. The van der Waals surface area contributed by atoms with Crippen LogP contribution in [0.5, 0.6) is 0 Å². The molecule has 1 aromatic heterocycles. The van der Waals surface area contributed by atoms with Crippen molar-refractivity contribution in [2.24, 2.45) is 0 Å². The van der Waals surface area contributed by atoms with E-state index in [-0.39, 0.29) is 0 Å². The molecule has 116 valence electrons. The molecule has 0 amide bonds. The quantitative estimate of drug-likeness (QED) is 0.627. The van der Waals surface area contributed by atoms with Gasteiger partial charge in [0.1, 0.15) is 6.04 Å². The topological polar surface area (TPSA) is 99.5 Å². The molecule has 0 unspecified atom stereocenters. The average Bonchev–Trinajstić information content (AvgIpc) is 2.53. The van der Waals surface area contributed by atoms with Crippen LogP contribution in [0.4, 0.5) is 5.69 Å². The summed E-state index contributed by atoms with van der Waals surface area (Å²) in [4.78, 5) is 26.8. The summed E-state index contributed by atoms with van der Waals surface area (Å²) in [6, 6.07) is 13.5. The molecule has 0 aliphatic rings. The lowest BCUT2D eigenvalue weighted by Crippen LogP contribution is -2.31. The van der Waals surface area contributed by atoms with Gasteiger partial charge in [-0.25, -0.2) is 9.78 Å². The second-order valence-electron chi connectivity index (χ2n) is 5.15. The molecule has 0 radical (unpaired) electrons. The Kier molecular flexibility index (Phi) is 3.80. The number of aromatic nitrogens is 1. The van der Waals surface area contributed by atoms with Gasteiger partial charge in [-0.05, 0) is 12.1 Å². The first-order valence-corrected chi connectivity index (χ1v) is 7.05. The van der Waals surface area contributed by atoms with Crippen LogP contribution >= 0.6 is 0 Å². The highest BCUT2D eigenvalue weighted by Crippen LogP contribution is 2.31. The van der Waals surface area contributed by atoms with Crippen molar-refractivity contribution in [2.45, 2.75) is 12.5 Å². The Balaban J connectivity index is 2.19. The van der Waals surface area contributed by atoms with Crippen LogP contribution in [0.25, 0.3) is 21.8 Å². The van der Waals surface area contributed by atoms with Crippen molar-refractivity contribution >= 4 is 39.4 Å². The number of nitrogens with zero attached hydrogens (tertiary/aromatic N) is 1. The molecule has 23 heavy (non-hydrogen) atoms. The minimum absolute atomic E-state index is 0.514. The van der Waals surface area contributed by atoms with E-state index in [4.69, 9.17) is 5.11 Å². The fourth-order valence-electron chi connectivity index (χ4n) is 2.54. The number of para-hydroxylation sites is 2. The highest BCUT2D eigenvalue weighted by atomic mass is 16.4. The molecule has 3 aromatic rings. The lowest BCUT2D eigenvalue weighted by atomic mass is 10.1. The number of carboxylic acid groups (broad SMARTS) is 2. The lowest BCUT2D eigenvalue weighted by molar-refractivity contribution is -0.144. The molecule has 6 nitrogen and oxygen atoms in total. The van der Waals surface area contributed by atoms with Gasteiger partial charge in [0.15, 0.2) is 0 Å². The van der Waals surface area contributed by atoms with Gasteiger partial charge in [-0.1, -0.05) is 36.4 Å². The van der Waals surface area contributed by atoms with E-state index < -0.39 is 24.4 Å². The number of rotatable bonds is 5. The standard InChI is InChI=1S/C17H14N2O4/c20-15(21)9-14(17(22)23)19-16-10-5-1-3-7-12(10)18-13-8-4-2-6-11(13)16/h1-8,14H,9H2,(H,18,19)(H,20,21)(H,22,23)/t14-/m0/s1. The van der Waals surface area contributed by atoms with Crippen LogP contribution in [0.1, 0.15) is 6.42 Å². The first-order chi connectivity index (χ1) is 11.1. The van der Waals surface area contributed by atoms with Gasteiger partial charge in [0.25, 0.3) is 0 Å². The van der Waals surface area contributed by atoms with E-state index in [1.807, 2.05) is 48.5 Å². The number of anilines is 1. The maximum atomic E-state index is 11.4. The number of fused-ring (bicyclic) bond motifs is 2. The lowest BCUT2D eigenvalue weighted by Gasteiger charge is -2.17. The van der Waals surface area contributed by atoms with Crippen molar-refractivity contribution in [3.8, 4) is 0 Å². The zero-order chi connectivity index (χ0) is 16.4. The van der Waals surface area contributed by atoms with Crippen molar-refractivity contribution in [2.75, 3.05) is 5.32 Å². The van der Waals surface area contributed by atoms with E-state index in [0.29, 0.717) is 16.7 Å². The summed E-state index contributed by atoms with van der Waals surface area (Å²) < 4.78 is 0. The van der Waals surface area contributed by atoms with E-state index in [2.05, 4.69) is 10.3 Å². The van der Waals surface area contributed by atoms with Crippen LogP contribution in [-0.2, 0) is 9.59 Å². The molecule has 0 spiro atoms. The first-order valence-electron chi connectivity index (χ1n) is 7.05. The van der Waals surface area contributed by atoms with Gasteiger partial charge in [0, 0.05) is 10.8 Å². The Morgan fingerprint density at radius 2 is 1.48 bits per heavy atom. The van der Waals surface area contributed by atoms with Gasteiger partial charge in [-0.2, -0.15) is 0 Å². The number of aliphatic carboxylic acids is 2. The highest BCUT2D eigenvalue weighted by molar-refractivity contribution is 6.08. The molecule has 0 aliphatic carbocycles. The van der Waals surface area contributed by atoms with E-state index in [1.54, 1.807) is 0 Å². The van der Waals surface area contributed by atoms with Gasteiger partial charge >= 0.3 is 11.9 Å². The largest absolute Gasteiger partial charge is 0.481 e. The van der Waals surface area contributed by atoms with E-state index in [0.717, 1.165) is 10.8 Å². The SMILES string of the molecule is O=C(O)C[C@H](Nc1c2ccccc2nc2ccccc12)C(=O)O. The molecule has 2 aromatic carbocycles. The third-order valence-corrected chi connectivity index (χ3v) is 3.58. The Labute approximate surface area is 131 Å². The van der Waals surface area contributed by atoms with Gasteiger partial charge in [-0.3, -0.25) is 4.79 Å². The van der Waals surface area contributed by atoms with E-state index in [1.165, 1.54) is 0 Å². The summed E-state index contributed by atoms with van der Waals surface area (Å²) in [6.45, 7) is 0. The van der Waals surface area contributed by atoms with Crippen molar-refractivity contribution in [3.05, 3.63) is 48.5 Å². The zero-order valence-electron chi connectivity index (χ0n) is 12.1. The minimum Gasteiger partial charge on any atom is -0.481 e. The predicted molar refractivity (Wildman–Crippen MR) is 86.5 cm³/mol. The van der Waals surface area contributed by atoms with Crippen LogP contribution in [0, 0.1) is 0 Å². The second kappa shape index (κ2) is 5.92. The van der Waals surface area contributed by atoms with Crippen LogP contribution in [0.15, 0.2) is 48.5 Å². The Morgan fingerprint density at radius 3 is 1.96 bits per heavy atom. The van der Waals surface area contributed by atoms with Crippen LogP contribution in [0.2, 0.25) is 0 Å². The maximum absolute atomic E-state index is 11.4.